The molecule has 0 atom stereocenters. The summed E-state index contributed by atoms with van der Waals surface area (Å²) in [4.78, 5) is 8.74. The van der Waals surface area contributed by atoms with Gasteiger partial charge in [0.1, 0.15) is 5.82 Å². The molecule has 1 aliphatic heterocycles. The molecule has 3 heterocycles. The summed E-state index contributed by atoms with van der Waals surface area (Å²) in [5.41, 5.74) is 3.91. The largest absolute Gasteiger partial charge is 0.412 e. The molecule has 0 unspecified atom stereocenters. The molecule has 1 aliphatic rings. The molecule has 3 aromatic rings. The lowest BCUT2D eigenvalue weighted by atomic mass is 10.0. The van der Waals surface area contributed by atoms with Crippen LogP contribution in [0.3, 0.4) is 0 Å². The second-order valence-electron chi connectivity index (χ2n) is 6.33. The van der Waals surface area contributed by atoms with Crippen LogP contribution < -0.4 is 4.90 Å². The number of aromatic nitrogens is 3. The Bertz CT molecular complexity index is 846. The van der Waals surface area contributed by atoms with Crippen LogP contribution >= 0.6 is 0 Å². The zero-order chi connectivity index (χ0) is 17.2. The number of hydrogen-bond donors (Lipinski definition) is 1. The van der Waals surface area contributed by atoms with E-state index >= 15 is 0 Å². The van der Waals surface area contributed by atoms with Crippen LogP contribution in [0.1, 0.15) is 0 Å². The standard InChI is InChI=1S/C19H20FN5.2H2O/c1-24-10-12-25(13-11-24)19-17(14-6-8-21-9-7-14)18(22-23-19)15-2-4-16(20)5-3-15;;/h2-9H,10-13H2,1H3,(H,22,23);2*1H2. The molecule has 1 fully saturated rings. The Morgan fingerprint density at radius 1 is 0.889 bits per heavy atom. The minimum atomic E-state index is -0.243. The summed E-state index contributed by atoms with van der Waals surface area (Å²) in [5.74, 6) is 0.701. The van der Waals surface area contributed by atoms with Crippen LogP contribution in [-0.4, -0.2) is 64.3 Å². The van der Waals surface area contributed by atoms with Crippen molar-refractivity contribution in [3.05, 3.63) is 54.6 Å². The SMILES string of the molecule is CN1CCN(c2n[nH]c(-c3ccc(F)cc3)c2-c2ccncc2)CC1.O.O. The summed E-state index contributed by atoms with van der Waals surface area (Å²) in [5, 5.41) is 7.78. The smallest absolute Gasteiger partial charge is 0.159 e. The van der Waals surface area contributed by atoms with Gasteiger partial charge in [0.2, 0.25) is 0 Å². The van der Waals surface area contributed by atoms with Gasteiger partial charge in [-0.25, -0.2) is 4.39 Å². The Labute approximate surface area is 157 Å². The topological polar surface area (TPSA) is 111 Å². The molecule has 8 heteroatoms. The van der Waals surface area contributed by atoms with Crippen LogP contribution in [0.25, 0.3) is 22.4 Å². The first-order valence-corrected chi connectivity index (χ1v) is 8.40. The maximum Gasteiger partial charge on any atom is 0.159 e. The van der Waals surface area contributed by atoms with Crippen LogP contribution in [0.15, 0.2) is 48.8 Å². The third-order valence-electron chi connectivity index (χ3n) is 4.65. The highest BCUT2D eigenvalue weighted by atomic mass is 19.1. The van der Waals surface area contributed by atoms with E-state index in [1.807, 2.05) is 12.1 Å². The lowest BCUT2D eigenvalue weighted by Crippen LogP contribution is -2.44. The summed E-state index contributed by atoms with van der Waals surface area (Å²) in [6.07, 6.45) is 3.56. The van der Waals surface area contributed by atoms with E-state index < -0.39 is 0 Å². The van der Waals surface area contributed by atoms with Crippen molar-refractivity contribution in [1.29, 1.82) is 0 Å². The second kappa shape index (κ2) is 8.72. The molecule has 1 saturated heterocycles. The zero-order valence-corrected chi connectivity index (χ0v) is 15.1. The van der Waals surface area contributed by atoms with Gasteiger partial charge in [0, 0.05) is 44.1 Å². The number of piperazine rings is 1. The summed E-state index contributed by atoms with van der Waals surface area (Å²) >= 11 is 0. The second-order valence-corrected chi connectivity index (χ2v) is 6.33. The van der Waals surface area contributed by atoms with Crippen molar-refractivity contribution in [3.63, 3.8) is 0 Å². The van der Waals surface area contributed by atoms with Gasteiger partial charge in [0.25, 0.3) is 0 Å². The van der Waals surface area contributed by atoms with Crippen molar-refractivity contribution >= 4 is 5.82 Å². The molecular formula is C19H24FN5O2. The number of halogens is 1. The number of H-pyrrole nitrogens is 1. The van der Waals surface area contributed by atoms with E-state index in [1.165, 1.54) is 12.1 Å². The molecule has 2 aromatic heterocycles. The molecular weight excluding hydrogens is 349 g/mol. The highest BCUT2D eigenvalue weighted by molar-refractivity contribution is 5.89. The number of nitrogens with zero attached hydrogens (tertiary/aromatic N) is 4. The van der Waals surface area contributed by atoms with Crippen LogP contribution in [-0.2, 0) is 0 Å². The van der Waals surface area contributed by atoms with Gasteiger partial charge in [0.15, 0.2) is 5.82 Å². The predicted octanol–water partition coefficient (Wildman–Crippen LogP) is 1.38. The van der Waals surface area contributed by atoms with Gasteiger partial charge >= 0.3 is 0 Å². The van der Waals surface area contributed by atoms with Crippen molar-refractivity contribution in [2.45, 2.75) is 0 Å². The number of likely N-dealkylation sites (N-methyl/N-ethyl adjacent to an activating group) is 1. The van der Waals surface area contributed by atoms with Crippen LogP contribution in [0.5, 0.6) is 0 Å². The maximum absolute atomic E-state index is 13.3. The first-order valence-electron chi connectivity index (χ1n) is 8.40. The van der Waals surface area contributed by atoms with E-state index in [0.29, 0.717) is 0 Å². The first kappa shape index (κ1) is 20.5. The fourth-order valence-electron chi connectivity index (χ4n) is 3.20. The van der Waals surface area contributed by atoms with Gasteiger partial charge < -0.3 is 20.8 Å². The van der Waals surface area contributed by atoms with E-state index in [0.717, 1.165) is 54.4 Å². The number of rotatable bonds is 3. The zero-order valence-electron chi connectivity index (χ0n) is 15.1. The minimum absolute atomic E-state index is 0. The minimum Gasteiger partial charge on any atom is -0.412 e. The molecule has 5 N–H and O–H groups in total. The fourth-order valence-corrected chi connectivity index (χ4v) is 3.20. The first-order chi connectivity index (χ1) is 12.2. The van der Waals surface area contributed by atoms with Crippen molar-refractivity contribution in [3.8, 4) is 22.4 Å². The number of aromatic amines is 1. The number of nitrogens with one attached hydrogen (secondary N) is 1. The van der Waals surface area contributed by atoms with Crippen LogP contribution in [0.2, 0.25) is 0 Å². The molecule has 4 rings (SSSR count). The molecule has 0 saturated carbocycles. The lowest BCUT2D eigenvalue weighted by molar-refractivity contribution is 0.312. The molecule has 0 radical (unpaired) electrons. The van der Waals surface area contributed by atoms with Gasteiger partial charge in [-0.05, 0) is 49.0 Å². The maximum atomic E-state index is 13.3. The van der Waals surface area contributed by atoms with E-state index in [9.17, 15) is 4.39 Å². The van der Waals surface area contributed by atoms with Crippen molar-refractivity contribution in [1.82, 2.24) is 20.1 Å². The lowest BCUT2D eigenvalue weighted by Gasteiger charge is -2.33. The molecule has 0 amide bonds. The Morgan fingerprint density at radius 2 is 1.52 bits per heavy atom. The third kappa shape index (κ3) is 4.13. The Morgan fingerprint density at radius 3 is 2.15 bits per heavy atom. The summed E-state index contributed by atoms with van der Waals surface area (Å²) in [6, 6.07) is 10.5. The van der Waals surface area contributed by atoms with Gasteiger partial charge in [-0.15, -0.1) is 0 Å². The normalized spacial score (nSPS) is 14.4. The van der Waals surface area contributed by atoms with Crippen molar-refractivity contribution in [2.75, 3.05) is 38.1 Å². The number of benzene rings is 1. The van der Waals surface area contributed by atoms with E-state index in [1.54, 1.807) is 24.5 Å². The molecule has 0 aliphatic carbocycles. The number of hydrogen-bond acceptors (Lipinski definition) is 4. The number of anilines is 1. The molecule has 0 spiro atoms. The van der Waals surface area contributed by atoms with E-state index in [-0.39, 0.29) is 16.8 Å². The van der Waals surface area contributed by atoms with E-state index in [2.05, 4.69) is 32.0 Å². The Hall–Kier alpha value is -2.81. The third-order valence-corrected chi connectivity index (χ3v) is 4.65. The summed E-state index contributed by atoms with van der Waals surface area (Å²) < 4.78 is 13.3. The molecule has 1 aromatic carbocycles. The van der Waals surface area contributed by atoms with Crippen LogP contribution in [0, 0.1) is 5.82 Å². The monoisotopic (exact) mass is 373 g/mol. The Kier molecular flexibility index (Phi) is 6.62. The average Bonchev–Trinajstić information content (AvgIpc) is 3.09. The van der Waals surface area contributed by atoms with Crippen LogP contribution in [0.4, 0.5) is 10.2 Å². The summed E-state index contributed by atoms with van der Waals surface area (Å²) in [7, 11) is 2.13. The number of pyridine rings is 1. The molecule has 7 nitrogen and oxygen atoms in total. The van der Waals surface area contributed by atoms with Crippen molar-refractivity contribution in [2.24, 2.45) is 0 Å². The van der Waals surface area contributed by atoms with Gasteiger partial charge in [-0.1, -0.05) is 0 Å². The molecule has 144 valence electrons. The highest BCUT2D eigenvalue weighted by Crippen LogP contribution is 2.37. The van der Waals surface area contributed by atoms with Crippen molar-refractivity contribution < 1.29 is 15.3 Å². The Balaban J connectivity index is 0.00000131. The quantitative estimate of drug-likeness (QED) is 0.747. The predicted molar refractivity (Wildman–Crippen MR) is 104 cm³/mol. The fraction of sp³-hybridized carbons (Fsp3) is 0.263. The molecule has 0 bridgehead atoms. The molecule has 27 heavy (non-hydrogen) atoms. The average molecular weight is 373 g/mol. The van der Waals surface area contributed by atoms with Gasteiger partial charge in [-0.2, -0.15) is 5.10 Å². The van der Waals surface area contributed by atoms with Gasteiger partial charge in [-0.3, -0.25) is 10.1 Å². The van der Waals surface area contributed by atoms with E-state index in [4.69, 9.17) is 0 Å². The summed E-state index contributed by atoms with van der Waals surface area (Å²) in [6.45, 7) is 3.88. The van der Waals surface area contributed by atoms with Gasteiger partial charge in [0.05, 0.1) is 11.3 Å². The highest BCUT2D eigenvalue weighted by Gasteiger charge is 2.23.